The molecule has 0 saturated heterocycles. The molecule has 3 aromatic heterocycles. The summed E-state index contributed by atoms with van der Waals surface area (Å²) in [5.41, 5.74) is 7.83. The molecule has 1 aliphatic carbocycles. The van der Waals surface area contributed by atoms with Gasteiger partial charge in [-0.05, 0) is 24.8 Å². The Bertz CT molecular complexity index is 1060. The predicted molar refractivity (Wildman–Crippen MR) is 99.3 cm³/mol. The molecule has 3 heterocycles. The summed E-state index contributed by atoms with van der Waals surface area (Å²) in [6, 6.07) is 1.68. The van der Waals surface area contributed by atoms with E-state index in [4.69, 9.17) is 10.8 Å². The summed E-state index contributed by atoms with van der Waals surface area (Å²) < 4.78 is 29.1. The van der Waals surface area contributed by atoms with Gasteiger partial charge in [0.05, 0.1) is 18.3 Å². The molecule has 0 aliphatic heterocycles. The fraction of sp³-hybridized carbons (Fsp3) is 0.562. The average molecular weight is 393 g/mol. The minimum absolute atomic E-state index is 0.0588. The van der Waals surface area contributed by atoms with Crippen LogP contribution in [0.5, 0.6) is 0 Å². The van der Waals surface area contributed by atoms with Crippen LogP contribution in [-0.2, 0) is 10.0 Å². The maximum absolute atomic E-state index is 12.2. The summed E-state index contributed by atoms with van der Waals surface area (Å²) in [6.45, 7) is 1.47. The van der Waals surface area contributed by atoms with E-state index in [1.165, 1.54) is 0 Å². The molecular formula is C16H23N7O3S. The minimum atomic E-state index is -3.77. The second-order valence-corrected chi connectivity index (χ2v) is 8.98. The topological polar surface area (TPSA) is 151 Å². The number of nitrogens with one attached hydrogen (secondary N) is 2. The molecule has 146 valence electrons. The zero-order valence-corrected chi connectivity index (χ0v) is 15.7. The van der Waals surface area contributed by atoms with Crippen LogP contribution in [-0.4, -0.2) is 56.1 Å². The van der Waals surface area contributed by atoms with E-state index < -0.39 is 22.0 Å². The van der Waals surface area contributed by atoms with E-state index >= 15 is 0 Å². The Morgan fingerprint density at radius 3 is 3.00 bits per heavy atom. The Hall–Kier alpha value is -2.08. The van der Waals surface area contributed by atoms with Gasteiger partial charge in [-0.1, -0.05) is 13.3 Å². The van der Waals surface area contributed by atoms with Crippen LogP contribution in [0.15, 0.2) is 18.5 Å². The van der Waals surface area contributed by atoms with Crippen LogP contribution >= 0.6 is 0 Å². The monoisotopic (exact) mass is 393 g/mol. The number of aliphatic hydroxyl groups is 1. The zero-order chi connectivity index (χ0) is 19.2. The van der Waals surface area contributed by atoms with Crippen molar-refractivity contribution in [3.8, 4) is 0 Å². The van der Waals surface area contributed by atoms with Crippen molar-refractivity contribution in [1.82, 2.24) is 29.3 Å². The molecule has 0 amide bonds. The number of sulfonamides is 1. The van der Waals surface area contributed by atoms with Crippen molar-refractivity contribution in [3.63, 3.8) is 0 Å². The van der Waals surface area contributed by atoms with Crippen LogP contribution < -0.4 is 10.5 Å². The smallest absolute Gasteiger partial charge is 0.230 e. The SMILES string of the molecule is CC[C@@H]1C[C@H](NS(=O)(=O)C(N)CO)C[C@@H]1c1nnc2cnc3[nH]ccc3n12. The largest absolute Gasteiger partial charge is 0.394 e. The highest BCUT2D eigenvalue weighted by Crippen LogP contribution is 2.41. The number of H-pyrrole nitrogens is 1. The van der Waals surface area contributed by atoms with Gasteiger partial charge in [0.2, 0.25) is 10.0 Å². The molecule has 3 aromatic rings. The average Bonchev–Trinajstić information content (AvgIpc) is 3.36. The molecular weight excluding hydrogens is 370 g/mol. The molecule has 11 heteroatoms. The van der Waals surface area contributed by atoms with Gasteiger partial charge in [-0.25, -0.2) is 18.1 Å². The van der Waals surface area contributed by atoms with Gasteiger partial charge in [-0.3, -0.25) is 4.40 Å². The number of aromatic nitrogens is 5. The Morgan fingerprint density at radius 1 is 1.44 bits per heavy atom. The van der Waals surface area contributed by atoms with Crippen LogP contribution in [0, 0.1) is 5.92 Å². The van der Waals surface area contributed by atoms with E-state index in [0.717, 1.165) is 23.4 Å². The number of hydrogen-bond donors (Lipinski definition) is 4. The Morgan fingerprint density at radius 2 is 2.26 bits per heavy atom. The molecule has 5 N–H and O–H groups in total. The number of nitrogens with zero attached hydrogens (tertiary/aromatic N) is 4. The molecule has 10 nitrogen and oxygen atoms in total. The molecule has 27 heavy (non-hydrogen) atoms. The van der Waals surface area contributed by atoms with Crippen molar-refractivity contribution < 1.29 is 13.5 Å². The standard InChI is InChI=1S/C16H23N7O3S/c1-2-9-5-10(22-27(25,26)13(17)8-24)6-11(9)16-21-20-14-7-19-15-12(23(14)16)3-4-18-15/h3-4,7,9-11,13,18,22,24H,2,5-6,8,17H2,1H3/t9-,10+,11+,13?/m1/s1. The second-order valence-electron chi connectivity index (χ2n) is 7.05. The lowest BCUT2D eigenvalue weighted by Gasteiger charge is -2.16. The van der Waals surface area contributed by atoms with Crippen molar-refractivity contribution in [2.45, 2.75) is 43.5 Å². The quantitative estimate of drug-likeness (QED) is 0.463. The molecule has 0 spiro atoms. The van der Waals surface area contributed by atoms with Crippen LogP contribution in [0.4, 0.5) is 0 Å². The third-order valence-corrected chi connectivity index (χ3v) is 7.04. The summed E-state index contributed by atoms with van der Waals surface area (Å²) in [4.78, 5) is 7.42. The lowest BCUT2D eigenvalue weighted by atomic mass is 9.93. The van der Waals surface area contributed by atoms with Crippen molar-refractivity contribution in [1.29, 1.82) is 0 Å². The first-order valence-corrected chi connectivity index (χ1v) is 10.5. The molecule has 4 rings (SSSR count). The zero-order valence-electron chi connectivity index (χ0n) is 14.9. The molecule has 1 aliphatic rings. The minimum Gasteiger partial charge on any atom is -0.394 e. The molecule has 4 atom stereocenters. The van der Waals surface area contributed by atoms with Crippen LogP contribution in [0.1, 0.15) is 37.9 Å². The van der Waals surface area contributed by atoms with Gasteiger partial charge >= 0.3 is 0 Å². The van der Waals surface area contributed by atoms with Gasteiger partial charge in [-0.2, -0.15) is 0 Å². The number of hydrogen-bond acceptors (Lipinski definition) is 7. The van der Waals surface area contributed by atoms with Crippen LogP contribution in [0.2, 0.25) is 0 Å². The van der Waals surface area contributed by atoms with E-state index in [0.29, 0.717) is 18.5 Å². The molecule has 1 unspecified atom stereocenters. The summed E-state index contributed by atoms with van der Waals surface area (Å²) in [5, 5.41) is 16.4. The Labute approximate surface area is 156 Å². The fourth-order valence-electron chi connectivity index (χ4n) is 4.04. The second kappa shape index (κ2) is 6.82. The number of aromatic amines is 1. The van der Waals surface area contributed by atoms with Crippen molar-refractivity contribution in [2.75, 3.05) is 6.61 Å². The highest BCUT2D eigenvalue weighted by molar-refractivity contribution is 7.90. The summed E-state index contributed by atoms with van der Waals surface area (Å²) in [5.74, 6) is 1.14. The van der Waals surface area contributed by atoms with Crippen molar-refractivity contribution in [3.05, 3.63) is 24.3 Å². The van der Waals surface area contributed by atoms with Gasteiger partial charge < -0.3 is 15.8 Å². The van der Waals surface area contributed by atoms with Crippen molar-refractivity contribution in [2.24, 2.45) is 11.7 Å². The van der Waals surface area contributed by atoms with Gasteiger partial charge in [0.25, 0.3) is 0 Å². The molecule has 0 aromatic carbocycles. The molecule has 1 saturated carbocycles. The van der Waals surface area contributed by atoms with Crippen LogP contribution in [0.25, 0.3) is 16.8 Å². The summed E-state index contributed by atoms with van der Waals surface area (Å²) >= 11 is 0. The van der Waals surface area contributed by atoms with E-state index in [-0.39, 0.29) is 17.9 Å². The maximum atomic E-state index is 12.2. The van der Waals surface area contributed by atoms with Gasteiger partial charge in [0.1, 0.15) is 11.2 Å². The molecule has 1 fully saturated rings. The van der Waals surface area contributed by atoms with E-state index in [1.807, 2.05) is 16.7 Å². The van der Waals surface area contributed by atoms with Crippen molar-refractivity contribution >= 4 is 26.8 Å². The highest BCUT2D eigenvalue weighted by Gasteiger charge is 2.39. The first-order valence-electron chi connectivity index (χ1n) is 8.99. The third kappa shape index (κ3) is 3.10. The van der Waals surface area contributed by atoms with E-state index in [9.17, 15) is 8.42 Å². The fourth-order valence-corrected chi connectivity index (χ4v) is 5.07. The summed E-state index contributed by atoms with van der Waals surface area (Å²) in [6.07, 6.45) is 5.68. The van der Waals surface area contributed by atoms with Crippen LogP contribution in [0.3, 0.4) is 0 Å². The lowest BCUT2D eigenvalue weighted by molar-refractivity contribution is 0.290. The highest BCUT2D eigenvalue weighted by atomic mass is 32.2. The first-order chi connectivity index (χ1) is 12.9. The number of nitrogens with two attached hydrogens (primary N) is 1. The Kier molecular flexibility index (Phi) is 4.62. The van der Waals surface area contributed by atoms with Gasteiger partial charge in [0.15, 0.2) is 11.3 Å². The molecule has 0 radical (unpaired) electrons. The number of fused-ring (bicyclic) bond motifs is 3. The normalized spacial score (nSPS) is 24.8. The molecule has 0 bridgehead atoms. The number of aliphatic hydroxyl groups excluding tert-OH is 1. The van der Waals surface area contributed by atoms with E-state index in [2.05, 4.69) is 31.8 Å². The van der Waals surface area contributed by atoms with E-state index in [1.54, 1.807) is 6.20 Å². The summed E-state index contributed by atoms with van der Waals surface area (Å²) in [7, 11) is -3.77. The predicted octanol–water partition coefficient (Wildman–Crippen LogP) is 0.0743. The van der Waals surface area contributed by atoms with Gasteiger partial charge in [0, 0.05) is 18.2 Å². The Balaban J connectivity index is 1.68. The first kappa shape index (κ1) is 18.3. The lowest BCUT2D eigenvalue weighted by Crippen LogP contribution is -2.46. The maximum Gasteiger partial charge on any atom is 0.230 e. The third-order valence-electron chi connectivity index (χ3n) is 5.43. The van der Waals surface area contributed by atoms with Gasteiger partial charge in [-0.15, -0.1) is 10.2 Å². The number of rotatable bonds is 6.